The van der Waals surface area contributed by atoms with Crippen LogP contribution in [0.25, 0.3) is 10.8 Å². The van der Waals surface area contributed by atoms with Crippen LogP contribution in [0.2, 0.25) is 10.0 Å². The van der Waals surface area contributed by atoms with E-state index in [1.807, 2.05) is 0 Å². The maximum atomic E-state index is 11.5. The summed E-state index contributed by atoms with van der Waals surface area (Å²) in [5, 5.41) is 11.3. The Morgan fingerprint density at radius 1 is 1.00 bits per heavy atom. The van der Waals surface area contributed by atoms with Gasteiger partial charge in [0.05, 0.1) is 10.7 Å². The third-order valence-corrected chi connectivity index (χ3v) is 4.96. The number of rotatable bonds is 3. The molecule has 0 aliphatic rings. The third kappa shape index (κ3) is 3.62. The summed E-state index contributed by atoms with van der Waals surface area (Å²) in [6.07, 6.45) is 1.38. The summed E-state index contributed by atoms with van der Waals surface area (Å²) in [6, 6.07) is 12.3. The predicted molar refractivity (Wildman–Crippen MR) is 99.1 cm³/mol. The van der Waals surface area contributed by atoms with Gasteiger partial charge in [0.1, 0.15) is 10.6 Å². The number of phenolic OH excluding ortho intramolecular Hbond substituents is 1. The van der Waals surface area contributed by atoms with E-state index >= 15 is 0 Å². The van der Waals surface area contributed by atoms with Gasteiger partial charge in [0.25, 0.3) is 10.1 Å². The lowest BCUT2D eigenvalue weighted by molar-refractivity contribution is 0.474. The number of aromatic hydroxyl groups is 1. The van der Waals surface area contributed by atoms with E-state index in [9.17, 15) is 18.1 Å². The molecule has 0 unspecified atom stereocenters. The number of hydrogen-bond acceptors (Lipinski definition) is 4. The quantitative estimate of drug-likeness (QED) is 0.490. The van der Waals surface area contributed by atoms with Crippen molar-refractivity contribution < 1.29 is 18.1 Å². The van der Waals surface area contributed by atoms with E-state index < -0.39 is 10.1 Å². The van der Waals surface area contributed by atoms with Gasteiger partial charge in [0.2, 0.25) is 0 Å². The smallest absolute Gasteiger partial charge is 0.295 e. The van der Waals surface area contributed by atoms with E-state index in [0.29, 0.717) is 27.0 Å². The van der Waals surface area contributed by atoms with E-state index in [1.54, 1.807) is 24.3 Å². The SMILES string of the molecule is O=S(=O)(O)c1cccc2c(N=Cc3cc(Cl)cc(Cl)c3O)cccc12. The summed E-state index contributed by atoms with van der Waals surface area (Å²) in [4.78, 5) is 4.09. The molecule has 128 valence electrons. The highest BCUT2D eigenvalue weighted by molar-refractivity contribution is 7.86. The zero-order chi connectivity index (χ0) is 18.2. The van der Waals surface area contributed by atoms with E-state index in [4.69, 9.17) is 23.2 Å². The second-order valence-corrected chi connectivity index (χ2v) is 7.42. The van der Waals surface area contributed by atoms with E-state index in [-0.39, 0.29) is 15.7 Å². The molecule has 8 heteroatoms. The summed E-state index contributed by atoms with van der Waals surface area (Å²) in [6.45, 7) is 0. The molecule has 0 heterocycles. The van der Waals surface area contributed by atoms with E-state index in [0.717, 1.165) is 0 Å². The van der Waals surface area contributed by atoms with Gasteiger partial charge in [0, 0.05) is 27.6 Å². The summed E-state index contributed by atoms with van der Waals surface area (Å²) in [7, 11) is -4.36. The minimum absolute atomic E-state index is 0.0977. The van der Waals surface area contributed by atoms with Crippen molar-refractivity contribution in [3.63, 3.8) is 0 Å². The molecule has 3 aromatic carbocycles. The molecule has 0 spiro atoms. The Labute approximate surface area is 153 Å². The number of aliphatic imine (C=N–C) groups is 1. The standard InChI is InChI=1S/C17H11Cl2NO4S/c18-11-7-10(17(21)14(19)8-11)9-20-15-5-1-4-13-12(15)3-2-6-16(13)25(22,23)24/h1-9,21H,(H,22,23,24). The van der Waals surface area contributed by atoms with Gasteiger partial charge in [0.15, 0.2) is 0 Å². The zero-order valence-corrected chi connectivity index (χ0v) is 14.8. The highest BCUT2D eigenvalue weighted by Gasteiger charge is 2.14. The number of benzene rings is 3. The molecule has 0 aromatic heterocycles. The lowest BCUT2D eigenvalue weighted by Gasteiger charge is -2.06. The van der Waals surface area contributed by atoms with Crippen LogP contribution in [0.1, 0.15) is 5.56 Å². The Bertz CT molecular complexity index is 1110. The van der Waals surface area contributed by atoms with Crippen LogP contribution in [0.3, 0.4) is 0 Å². The molecule has 0 saturated carbocycles. The Morgan fingerprint density at radius 3 is 2.40 bits per heavy atom. The molecule has 0 aliphatic heterocycles. The lowest BCUT2D eigenvalue weighted by Crippen LogP contribution is -1.98. The summed E-state index contributed by atoms with van der Waals surface area (Å²) in [5.74, 6) is -0.159. The zero-order valence-electron chi connectivity index (χ0n) is 12.5. The number of nitrogens with zero attached hydrogens (tertiary/aromatic N) is 1. The number of halogens is 2. The molecule has 3 rings (SSSR count). The van der Waals surface area contributed by atoms with Crippen molar-refractivity contribution >= 4 is 56.0 Å². The predicted octanol–water partition coefficient (Wildman–Crippen LogP) is 4.85. The fourth-order valence-electron chi connectivity index (χ4n) is 2.43. The summed E-state index contributed by atoms with van der Waals surface area (Å²) >= 11 is 11.8. The molecule has 0 amide bonds. The van der Waals surface area contributed by atoms with Crippen molar-refractivity contribution in [2.45, 2.75) is 4.90 Å². The first-order chi connectivity index (χ1) is 11.8. The molecule has 3 aromatic rings. The molecular weight excluding hydrogens is 385 g/mol. The van der Waals surface area contributed by atoms with Crippen molar-refractivity contribution in [2.24, 2.45) is 4.99 Å². The average Bonchev–Trinajstić information content (AvgIpc) is 2.55. The second-order valence-electron chi connectivity index (χ2n) is 5.19. The van der Waals surface area contributed by atoms with Gasteiger partial charge in [-0.15, -0.1) is 0 Å². The van der Waals surface area contributed by atoms with Crippen molar-refractivity contribution in [3.05, 3.63) is 64.1 Å². The summed E-state index contributed by atoms with van der Waals surface area (Å²) < 4.78 is 32.4. The van der Waals surface area contributed by atoms with Gasteiger partial charge in [-0.2, -0.15) is 8.42 Å². The highest BCUT2D eigenvalue weighted by atomic mass is 35.5. The van der Waals surface area contributed by atoms with Gasteiger partial charge >= 0.3 is 0 Å². The molecule has 0 aliphatic carbocycles. The van der Waals surface area contributed by atoms with Crippen LogP contribution in [0, 0.1) is 0 Å². The molecule has 25 heavy (non-hydrogen) atoms. The Balaban J connectivity index is 2.15. The first-order valence-electron chi connectivity index (χ1n) is 6.98. The molecule has 0 fully saturated rings. The topological polar surface area (TPSA) is 87.0 Å². The van der Waals surface area contributed by atoms with Crippen LogP contribution < -0.4 is 0 Å². The first kappa shape index (κ1) is 17.7. The van der Waals surface area contributed by atoms with Gasteiger partial charge < -0.3 is 5.11 Å². The normalized spacial score (nSPS) is 12.1. The second kappa shape index (κ2) is 6.65. The van der Waals surface area contributed by atoms with Gasteiger partial charge in [-0.05, 0) is 24.3 Å². The average molecular weight is 396 g/mol. The maximum absolute atomic E-state index is 11.5. The fraction of sp³-hybridized carbons (Fsp3) is 0. The molecular formula is C17H11Cl2NO4S. The third-order valence-electron chi connectivity index (χ3n) is 3.54. The molecule has 0 atom stereocenters. The van der Waals surface area contributed by atoms with Gasteiger partial charge in [-0.25, -0.2) is 0 Å². The van der Waals surface area contributed by atoms with Crippen LogP contribution in [0.5, 0.6) is 5.75 Å². The Hall–Kier alpha value is -2.12. The summed E-state index contributed by atoms with van der Waals surface area (Å²) in [5.41, 5.74) is 0.777. The van der Waals surface area contributed by atoms with Gasteiger partial charge in [-0.1, -0.05) is 47.5 Å². The van der Waals surface area contributed by atoms with Crippen molar-refractivity contribution in [3.8, 4) is 5.75 Å². The minimum Gasteiger partial charge on any atom is -0.506 e. The Morgan fingerprint density at radius 2 is 1.68 bits per heavy atom. The van der Waals surface area contributed by atoms with Crippen LogP contribution in [-0.4, -0.2) is 24.3 Å². The lowest BCUT2D eigenvalue weighted by atomic mass is 10.1. The van der Waals surface area contributed by atoms with E-state index in [2.05, 4.69) is 4.99 Å². The largest absolute Gasteiger partial charge is 0.506 e. The highest BCUT2D eigenvalue weighted by Crippen LogP contribution is 2.33. The van der Waals surface area contributed by atoms with Crippen LogP contribution in [-0.2, 0) is 10.1 Å². The number of phenols is 1. The molecule has 0 bridgehead atoms. The van der Waals surface area contributed by atoms with Gasteiger partial charge in [-0.3, -0.25) is 9.55 Å². The van der Waals surface area contributed by atoms with Crippen LogP contribution >= 0.6 is 23.2 Å². The fourth-order valence-corrected chi connectivity index (χ4v) is 3.64. The van der Waals surface area contributed by atoms with Crippen molar-refractivity contribution in [1.29, 1.82) is 0 Å². The molecule has 5 nitrogen and oxygen atoms in total. The molecule has 0 radical (unpaired) electrons. The van der Waals surface area contributed by atoms with Crippen LogP contribution in [0.4, 0.5) is 5.69 Å². The molecule has 0 saturated heterocycles. The van der Waals surface area contributed by atoms with Crippen molar-refractivity contribution in [1.82, 2.24) is 0 Å². The number of hydrogen-bond donors (Lipinski definition) is 2. The molecule has 2 N–H and O–H groups in total. The van der Waals surface area contributed by atoms with Crippen molar-refractivity contribution in [2.75, 3.05) is 0 Å². The Kier molecular flexibility index (Phi) is 4.71. The monoisotopic (exact) mass is 395 g/mol. The van der Waals surface area contributed by atoms with Crippen LogP contribution in [0.15, 0.2) is 58.4 Å². The first-order valence-corrected chi connectivity index (χ1v) is 9.18. The maximum Gasteiger partial charge on any atom is 0.295 e. The van der Waals surface area contributed by atoms with E-state index in [1.165, 1.54) is 30.5 Å². The minimum atomic E-state index is -4.36. The number of fused-ring (bicyclic) bond motifs is 1.